The standard InChI is InChI=1S/C141H95N3/c1-13-40-96(41-14-1)111-71-112(97-42-15-2-16-43-97)78-123(77-111)108-64-39-65-109(70-108)139-142-140(144-141(143-139)134-93-121(106-60-33-11-34-61-106)76-122(94-134)107-62-35-12-36-63-107)110-68-69-137(138(95-110)133-91-130(126-83-117(102-52-25-7-26-53-102)74-118(84-126)103-54-27-8-28-55-103)88-131(92-133)127-85-119(104-56-29-9-30-57-104)75-120(86-127)105-58-31-10-32-59-105)136-67-38-37-66-135(136)132-89-128(124-79-113(98-44-17-3-18-45-98)72-114(80-124)99-46-19-4-20-47-99)87-129(90-132)125-81-115(100-48-21-5-22-49-100)73-116(82-125)101-50-23-6-24-51-101/h1-95H. The molecule has 23 aromatic carbocycles. The summed E-state index contributed by atoms with van der Waals surface area (Å²) in [5, 5.41) is 0. The Morgan fingerprint density at radius 1 is 0.0694 bits per heavy atom. The van der Waals surface area contributed by atoms with Gasteiger partial charge >= 0.3 is 0 Å². The van der Waals surface area contributed by atoms with Crippen molar-refractivity contribution < 1.29 is 0 Å². The Balaban J connectivity index is 0.786. The van der Waals surface area contributed by atoms with Gasteiger partial charge in [-0.3, -0.25) is 0 Å². The van der Waals surface area contributed by atoms with Crippen molar-refractivity contribution in [2.24, 2.45) is 0 Å². The summed E-state index contributed by atoms with van der Waals surface area (Å²) < 4.78 is 0. The summed E-state index contributed by atoms with van der Waals surface area (Å²) >= 11 is 0. The van der Waals surface area contributed by atoms with Crippen molar-refractivity contribution in [1.29, 1.82) is 0 Å². The molecule has 0 aliphatic heterocycles. The number of rotatable bonds is 23. The highest BCUT2D eigenvalue weighted by atomic mass is 15.0. The number of hydrogen-bond donors (Lipinski definition) is 0. The molecule has 24 aromatic rings. The van der Waals surface area contributed by atoms with Gasteiger partial charge in [-0.25, -0.2) is 15.0 Å². The average molecular weight is 1830 g/mol. The summed E-state index contributed by atoms with van der Waals surface area (Å²) in [5.41, 5.74) is 45.8. The molecule has 0 bridgehead atoms. The smallest absolute Gasteiger partial charge is 0.164 e. The lowest BCUT2D eigenvalue weighted by atomic mass is 9.84. The van der Waals surface area contributed by atoms with Crippen molar-refractivity contribution in [3.63, 3.8) is 0 Å². The molecular formula is C141H95N3. The van der Waals surface area contributed by atoms with Gasteiger partial charge in [-0.1, -0.05) is 419 Å². The van der Waals surface area contributed by atoms with Gasteiger partial charge in [-0.2, -0.15) is 0 Å². The summed E-state index contributed by atoms with van der Waals surface area (Å²) in [6.45, 7) is 0. The van der Waals surface area contributed by atoms with Crippen molar-refractivity contribution in [3.05, 3.63) is 576 Å². The van der Waals surface area contributed by atoms with Crippen LogP contribution in [0.2, 0.25) is 0 Å². The van der Waals surface area contributed by atoms with Crippen LogP contribution in [0.3, 0.4) is 0 Å². The minimum absolute atomic E-state index is 0.505. The molecule has 1 aromatic heterocycles. The largest absolute Gasteiger partial charge is 0.208 e. The van der Waals surface area contributed by atoms with Gasteiger partial charge in [-0.15, -0.1) is 0 Å². The first-order chi connectivity index (χ1) is 71.3. The van der Waals surface area contributed by atoms with Crippen LogP contribution < -0.4 is 0 Å². The monoisotopic (exact) mass is 1830 g/mol. The molecule has 0 fully saturated rings. The van der Waals surface area contributed by atoms with E-state index in [-0.39, 0.29) is 0 Å². The molecular weight excluding hydrogens is 1740 g/mol. The van der Waals surface area contributed by atoms with E-state index < -0.39 is 0 Å². The maximum atomic E-state index is 5.88. The highest BCUT2D eigenvalue weighted by molar-refractivity contribution is 6.00. The van der Waals surface area contributed by atoms with Gasteiger partial charge < -0.3 is 0 Å². The predicted octanol–water partition coefficient (Wildman–Crippen LogP) is 38.2. The van der Waals surface area contributed by atoms with E-state index in [0.29, 0.717) is 17.5 Å². The first-order valence-electron chi connectivity index (χ1n) is 49.3. The van der Waals surface area contributed by atoms with Crippen molar-refractivity contribution >= 4 is 0 Å². The topological polar surface area (TPSA) is 38.7 Å². The summed E-state index contributed by atoms with van der Waals surface area (Å²) in [6, 6.07) is 211. The molecule has 24 rings (SSSR count). The van der Waals surface area contributed by atoms with Crippen LogP contribution in [-0.4, -0.2) is 15.0 Å². The SMILES string of the molecule is c1ccc(-c2cc(-c3ccccc3)cc(-c3cccc(-c4nc(-c5cc(-c6ccccc6)cc(-c6ccccc6)c5)nc(-c5ccc(-c6ccccc6-c6cc(-c7cc(-c8ccccc8)cc(-c8ccccc8)c7)cc(-c7cc(-c8ccccc8)cc(-c8ccccc8)c7)c6)c(-c6cc(-c7cc(-c8ccccc8)cc(-c8ccccc8)c7)cc(-c7cc(-c8ccccc8)cc(-c8ccccc8)c7)c6)c5)n4)c3)c2)cc1. The molecule has 3 heteroatoms. The third kappa shape index (κ3) is 19.0. The maximum absolute atomic E-state index is 5.88. The van der Waals surface area contributed by atoms with Gasteiger partial charge in [0.2, 0.25) is 0 Å². The van der Waals surface area contributed by atoms with Crippen LogP contribution in [0, 0.1) is 0 Å². The Hall–Kier alpha value is -18.9. The van der Waals surface area contributed by atoms with E-state index in [2.05, 4.69) is 576 Å². The Labute approximate surface area is 841 Å². The van der Waals surface area contributed by atoms with Gasteiger partial charge in [0.1, 0.15) is 0 Å². The Bertz CT molecular complexity index is 8130. The first-order valence-corrected chi connectivity index (χ1v) is 49.3. The predicted molar refractivity (Wildman–Crippen MR) is 605 cm³/mol. The molecule has 0 atom stereocenters. The molecule has 0 saturated heterocycles. The molecule has 0 N–H and O–H groups in total. The number of aromatic nitrogens is 3. The zero-order valence-electron chi connectivity index (χ0n) is 79.2. The summed E-state index contributed by atoms with van der Waals surface area (Å²) in [4.78, 5) is 17.5. The highest BCUT2D eigenvalue weighted by Gasteiger charge is 2.25. The molecule has 0 amide bonds. The van der Waals surface area contributed by atoms with Crippen molar-refractivity contribution in [3.8, 4) is 257 Å². The molecule has 0 saturated carbocycles. The van der Waals surface area contributed by atoms with E-state index in [0.717, 1.165) is 239 Å². The van der Waals surface area contributed by atoms with E-state index in [1.165, 1.54) is 0 Å². The summed E-state index contributed by atoms with van der Waals surface area (Å²) in [5.74, 6) is 1.56. The quantitative estimate of drug-likeness (QED) is 0.0641. The Morgan fingerprint density at radius 3 is 0.438 bits per heavy atom. The number of benzene rings is 23. The second-order valence-electron chi connectivity index (χ2n) is 37.0. The molecule has 0 unspecified atom stereocenters. The van der Waals surface area contributed by atoms with E-state index >= 15 is 0 Å². The highest BCUT2D eigenvalue weighted by Crippen LogP contribution is 2.49. The first kappa shape index (κ1) is 87.8. The third-order valence-electron chi connectivity index (χ3n) is 27.5. The molecule has 1 heterocycles. The van der Waals surface area contributed by atoms with E-state index in [9.17, 15) is 0 Å². The van der Waals surface area contributed by atoms with E-state index in [1.807, 2.05) is 0 Å². The van der Waals surface area contributed by atoms with Crippen LogP contribution in [-0.2, 0) is 0 Å². The fraction of sp³-hybridized carbons (Fsp3) is 0. The van der Waals surface area contributed by atoms with Crippen LogP contribution in [0.15, 0.2) is 576 Å². The zero-order valence-corrected chi connectivity index (χ0v) is 79.2. The number of nitrogens with zero attached hydrogens (tertiary/aromatic N) is 3. The van der Waals surface area contributed by atoms with E-state index in [1.54, 1.807) is 0 Å². The van der Waals surface area contributed by atoms with Gasteiger partial charge in [0.05, 0.1) is 0 Å². The van der Waals surface area contributed by atoms with Crippen molar-refractivity contribution in [1.82, 2.24) is 15.0 Å². The van der Waals surface area contributed by atoms with Crippen LogP contribution in [0.5, 0.6) is 0 Å². The minimum Gasteiger partial charge on any atom is -0.208 e. The molecule has 674 valence electrons. The second kappa shape index (κ2) is 39.9. The Morgan fingerprint density at radius 2 is 0.208 bits per heavy atom. The second-order valence-corrected chi connectivity index (χ2v) is 37.0. The normalized spacial score (nSPS) is 11.2. The van der Waals surface area contributed by atoms with E-state index in [4.69, 9.17) is 15.0 Å². The Kier molecular flexibility index (Phi) is 24.3. The maximum Gasteiger partial charge on any atom is 0.164 e. The van der Waals surface area contributed by atoms with Crippen molar-refractivity contribution in [2.75, 3.05) is 0 Å². The lowest BCUT2D eigenvalue weighted by Crippen LogP contribution is -2.01. The average Bonchev–Trinajstić information content (AvgIpc) is 0.751. The lowest BCUT2D eigenvalue weighted by Gasteiger charge is -2.20. The van der Waals surface area contributed by atoms with Gasteiger partial charge in [0.15, 0.2) is 17.5 Å². The van der Waals surface area contributed by atoms with Crippen LogP contribution in [0.4, 0.5) is 0 Å². The van der Waals surface area contributed by atoms with Gasteiger partial charge in [0, 0.05) is 16.7 Å². The van der Waals surface area contributed by atoms with Gasteiger partial charge in [0.25, 0.3) is 0 Å². The number of hydrogen-bond acceptors (Lipinski definition) is 3. The summed E-state index contributed by atoms with van der Waals surface area (Å²) in [7, 11) is 0. The molecule has 0 aliphatic rings. The van der Waals surface area contributed by atoms with Gasteiger partial charge in [-0.05, 0) is 380 Å². The molecule has 3 nitrogen and oxygen atoms in total. The fourth-order valence-electron chi connectivity index (χ4n) is 20.3. The fourth-order valence-corrected chi connectivity index (χ4v) is 20.3. The molecule has 0 aliphatic carbocycles. The van der Waals surface area contributed by atoms with Crippen LogP contribution >= 0.6 is 0 Å². The van der Waals surface area contributed by atoms with Crippen LogP contribution in [0.25, 0.3) is 257 Å². The lowest BCUT2D eigenvalue weighted by molar-refractivity contribution is 1.07. The third-order valence-corrected chi connectivity index (χ3v) is 27.5. The molecule has 0 spiro atoms. The molecule has 144 heavy (non-hydrogen) atoms. The minimum atomic E-state index is 0.505. The van der Waals surface area contributed by atoms with Crippen molar-refractivity contribution in [2.45, 2.75) is 0 Å². The zero-order chi connectivity index (χ0) is 95.9. The summed E-state index contributed by atoms with van der Waals surface area (Å²) in [6.07, 6.45) is 0. The molecule has 0 radical (unpaired) electrons. The van der Waals surface area contributed by atoms with Crippen LogP contribution in [0.1, 0.15) is 0 Å².